The summed E-state index contributed by atoms with van der Waals surface area (Å²) in [4.78, 5) is 25.8. The number of ether oxygens (including phenoxy) is 2. The first-order chi connectivity index (χ1) is 20.2. The molecule has 0 spiro atoms. The Hall–Kier alpha value is -3.89. The number of aryl methyl sites for hydroxylation is 1. The van der Waals surface area contributed by atoms with Crippen LogP contribution >= 0.6 is 0 Å². The van der Waals surface area contributed by atoms with E-state index in [0.29, 0.717) is 38.0 Å². The standard InChI is InChI=1S/C32H39N3O6S/c1-3-40-30-19-18-28(20-23(30)2)42(38,39)35-27-16-14-26(15-17-27)31(36)34-29(25-12-8-5-9-13-25)21-33-32(37)41-22-24-10-6-4-7-11-24/h4-13,18-20,26-27,29,35H,3,14-17,21-22H2,1-2H3,(H,33,37)(H,34,36)/t26?,27?,29-/m1/s1. The summed E-state index contributed by atoms with van der Waals surface area (Å²) < 4.78 is 39.7. The lowest BCUT2D eigenvalue weighted by molar-refractivity contribution is -0.126. The molecule has 0 bridgehead atoms. The van der Waals surface area contributed by atoms with Gasteiger partial charge in [-0.25, -0.2) is 17.9 Å². The largest absolute Gasteiger partial charge is 0.494 e. The molecule has 0 saturated heterocycles. The van der Waals surface area contributed by atoms with Gasteiger partial charge in [-0.15, -0.1) is 0 Å². The maximum atomic E-state index is 13.3. The zero-order valence-electron chi connectivity index (χ0n) is 24.0. The van der Waals surface area contributed by atoms with E-state index in [2.05, 4.69) is 15.4 Å². The van der Waals surface area contributed by atoms with Gasteiger partial charge >= 0.3 is 6.09 Å². The molecule has 3 aromatic rings. The van der Waals surface area contributed by atoms with E-state index in [1.54, 1.807) is 18.2 Å². The molecule has 0 unspecified atom stereocenters. The summed E-state index contributed by atoms with van der Waals surface area (Å²) in [5, 5.41) is 5.85. The highest BCUT2D eigenvalue weighted by Crippen LogP contribution is 2.28. The van der Waals surface area contributed by atoms with Gasteiger partial charge in [0.2, 0.25) is 15.9 Å². The molecule has 4 rings (SSSR count). The Bertz CT molecular complexity index is 1430. The van der Waals surface area contributed by atoms with Gasteiger partial charge in [0, 0.05) is 18.5 Å². The van der Waals surface area contributed by atoms with Gasteiger partial charge < -0.3 is 20.1 Å². The second-order valence-corrected chi connectivity index (χ2v) is 12.2. The maximum absolute atomic E-state index is 13.3. The predicted molar refractivity (Wildman–Crippen MR) is 160 cm³/mol. The number of hydrogen-bond donors (Lipinski definition) is 3. The molecule has 3 aromatic carbocycles. The molecule has 0 radical (unpaired) electrons. The number of sulfonamides is 1. The van der Waals surface area contributed by atoms with Crippen LogP contribution in [0.4, 0.5) is 4.79 Å². The van der Waals surface area contributed by atoms with Crippen LogP contribution in [0, 0.1) is 12.8 Å². The van der Waals surface area contributed by atoms with Crippen molar-refractivity contribution in [3.8, 4) is 5.75 Å². The first kappa shape index (κ1) is 31.1. The molecular formula is C32H39N3O6S. The summed E-state index contributed by atoms with van der Waals surface area (Å²) >= 11 is 0. The van der Waals surface area contributed by atoms with Gasteiger partial charge in [0.15, 0.2) is 0 Å². The van der Waals surface area contributed by atoms with Crippen LogP contribution in [0.3, 0.4) is 0 Å². The van der Waals surface area contributed by atoms with Crippen LogP contribution in [-0.2, 0) is 26.2 Å². The molecule has 1 saturated carbocycles. The molecule has 42 heavy (non-hydrogen) atoms. The van der Waals surface area contributed by atoms with E-state index in [9.17, 15) is 18.0 Å². The summed E-state index contributed by atoms with van der Waals surface area (Å²) in [7, 11) is -3.70. The average Bonchev–Trinajstić information content (AvgIpc) is 3.00. The minimum absolute atomic E-state index is 0.119. The van der Waals surface area contributed by atoms with Crippen molar-refractivity contribution < 1.29 is 27.5 Å². The molecule has 1 aliphatic carbocycles. The minimum atomic E-state index is -3.70. The summed E-state index contributed by atoms with van der Waals surface area (Å²) in [6.07, 6.45) is 1.63. The molecule has 1 aliphatic rings. The Morgan fingerprint density at radius 3 is 2.24 bits per heavy atom. The molecule has 0 aromatic heterocycles. The van der Waals surface area contributed by atoms with E-state index >= 15 is 0 Å². The second-order valence-electron chi connectivity index (χ2n) is 10.4. The third kappa shape index (κ3) is 8.80. The second kappa shape index (κ2) is 14.8. The van der Waals surface area contributed by atoms with Crippen LogP contribution in [0.25, 0.3) is 0 Å². The number of amides is 2. The summed E-state index contributed by atoms with van der Waals surface area (Å²) in [6, 6.07) is 23.0. The molecular weight excluding hydrogens is 554 g/mol. The third-order valence-electron chi connectivity index (χ3n) is 7.36. The average molecular weight is 594 g/mol. The van der Waals surface area contributed by atoms with Gasteiger partial charge in [-0.05, 0) is 74.4 Å². The molecule has 9 nitrogen and oxygen atoms in total. The Labute approximate surface area is 248 Å². The molecule has 10 heteroatoms. The summed E-state index contributed by atoms with van der Waals surface area (Å²) in [6.45, 7) is 4.52. The zero-order valence-corrected chi connectivity index (χ0v) is 24.9. The molecule has 224 valence electrons. The van der Waals surface area contributed by atoms with Gasteiger partial charge in [0.25, 0.3) is 0 Å². The number of rotatable bonds is 12. The fourth-order valence-corrected chi connectivity index (χ4v) is 6.44. The van der Waals surface area contributed by atoms with Crippen LogP contribution in [0.2, 0.25) is 0 Å². The minimum Gasteiger partial charge on any atom is -0.494 e. The quantitative estimate of drug-likeness (QED) is 0.271. The van der Waals surface area contributed by atoms with E-state index in [1.807, 2.05) is 74.5 Å². The Kier molecular flexibility index (Phi) is 11.0. The Morgan fingerprint density at radius 1 is 0.929 bits per heavy atom. The molecule has 1 atom stereocenters. The fraction of sp³-hybridized carbons (Fsp3) is 0.375. The number of hydrogen-bond acceptors (Lipinski definition) is 6. The monoisotopic (exact) mass is 593 g/mol. The highest BCUT2D eigenvalue weighted by atomic mass is 32.2. The van der Waals surface area contributed by atoms with E-state index in [0.717, 1.165) is 16.7 Å². The first-order valence-electron chi connectivity index (χ1n) is 14.3. The molecule has 3 N–H and O–H groups in total. The van der Waals surface area contributed by atoms with Crippen molar-refractivity contribution in [3.05, 3.63) is 95.6 Å². The normalized spacial score (nSPS) is 17.6. The summed E-state index contributed by atoms with van der Waals surface area (Å²) in [5.41, 5.74) is 2.50. The van der Waals surface area contributed by atoms with E-state index in [4.69, 9.17) is 9.47 Å². The van der Waals surface area contributed by atoms with Crippen molar-refractivity contribution in [2.24, 2.45) is 5.92 Å². The lowest BCUT2D eigenvalue weighted by Crippen LogP contribution is -2.43. The van der Waals surface area contributed by atoms with Crippen molar-refractivity contribution in [2.75, 3.05) is 13.2 Å². The Morgan fingerprint density at radius 2 is 1.60 bits per heavy atom. The molecule has 2 amide bonds. The van der Waals surface area contributed by atoms with Crippen LogP contribution in [0.5, 0.6) is 5.75 Å². The summed E-state index contributed by atoms with van der Waals surface area (Å²) in [5.74, 6) is 0.289. The highest BCUT2D eigenvalue weighted by molar-refractivity contribution is 7.89. The molecule has 0 heterocycles. The number of nitrogens with one attached hydrogen (secondary N) is 3. The van der Waals surface area contributed by atoms with Gasteiger partial charge in [0.1, 0.15) is 12.4 Å². The van der Waals surface area contributed by atoms with Crippen LogP contribution in [-0.4, -0.2) is 39.6 Å². The fourth-order valence-electron chi connectivity index (χ4n) is 5.05. The van der Waals surface area contributed by atoms with Crippen molar-refractivity contribution in [1.82, 2.24) is 15.4 Å². The lowest BCUT2D eigenvalue weighted by Gasteiger charge is -2.30. The molecule has 0 aliphatic heterocycles. The lowest BCUT2D eigenvalue weighted by atomic mass is 9.85. The maximum Gasteiger partial charge on any atom is 0.407 e. The van der Waals surface area contributed by atoms with Gasteiger partial charge in [-0.3, -0.25) is 4.79 Å². The Balaban J connectivity index is 1.29. The predicted octanol–water partition coefficient (Wildman–Crippen LogP) is 5.01. The van der Waals surface area contributed by atoms with Crippen molar-refractivity contribution in [3.63, 3.8) is 0 Å². The van der Waals surface area contributed by atoms with Gasteiger partial charge in [-0.1, -0.05) is 60.7 Å². The van der Waals surface area contributed by atoms with Crippen molar-refractivity contribution >= 4 is 22.0 Å². The third-order valence-corrected chi connectivity index (χ3v) is 8.88. The van der Waals surface area contributed by atoms with Crippen LogP contribution in [0.15, 0.2) is 83.8 Å². The topological polar surface area (TPSA) is 123 Å². The number of benzene rings is 3. The number of alkyl carbamates (subject to hydrolysis) is 1. The SMILES string of the molecule is CCOc1ccc(S(=O)(=O)NC2CCC(C(=O)N[C@H](CNC(=O)OCc3ccccc3)c3ccccc3)CC2)cc1C. The smallest absolute Gasteiger partial charge is 0.407 e. The van der Waals surface area contributed by atoms with Crippen LogP contribution in [0.1, 0.15) is 55.3 Å². The van der Waals surface area contributed by atoms with Crippen molar-refractivity contribution in [1.29, 1.82) is 0 Å². The number of carbonyl (C=O) groups is 2. The van der Waals surface area contributed by atoms with E-state index in [1.165, 1.54) is 0 Å². The zero-order chi connectivity index (χ0) is 30.0. The van der Waals surface area contributed by atoms with Crippen molar-refractivity contribution in [2.45, 2.75) is 63.1 Å². The van der Waals surface area contributed by atoms with E-state index in [-0.39, 0.29) is 35.9 Å². The highest BCUT2D eigenvalue weighted by Gasteiger charge is 2.30. The van der Waals surface area contributed by atoms with Crippen LogP contribution < -0.4 is 20.1 Å². The van der Waals surface area contributed by atoms with Gasteiger partial charge in [-0.2, -0.15) is 0 Å². The first-order valence-corrected chi connectivity index (χ1v) is 15.8. The van der Waals surface area contributed by atoms with E-state index < -0.39 is 22.2 Å². The van der Waals surface area contributed by atoms with Gasteiger partial charge in [0.05, 0.1) is 17.5 Å². The molecule has 1 fully saturated rings. The number of carbonyl (C=O) groups excluding carboxylic acids is 2.